The number of ether oxygens (including phenoxy) is 5. The molecule has 0 aromatic rings. The second-order valence-electron chi connectivity index (χ2n) is 12.5. The van der Waals surface area contributed by atoms with Gasteiger partial charge in [-0.25, -0.2) is 0 Å². The number of piperidine rings is 1. The van der Waals surface area contributed by atoms with Crippen LogP contribution >= 0.6 is 0 Å². The van der Waals surface area contributed by atoms with E-state index in [0.717, 1.165) is 32.4 Å². The monoisotopic (exact) mass is 509 g/mol. The summed E-state index contributed by atoms with van der Waals surface area (Å²) in [5.41, 5.74) is -3.87. The predicted molar refractivity (Wildman–Crippen MR) is 128 cm³/mol. The molecule has 7 bridgehead atoms. The fraction of sp³-hybridized carbons (Fsp3) is 0.963. The van der Waals surface area contributed by atoms with E-state index in [2.05, 4.69) is 11.8 Å². The molecule has 0 aromatic carbocycles. The number of esters is 1. The lowest BCUT2D eigenvalue weighted by Gasteiger charge is -2.70. The molecule has 5 aliphatic carbocycles. The van der Waals surface area contributed by atoms with Crippen LogP contribution in [-0.4, -0.2) is 111 Å². The summed E-state index contributed by atoms with van der Waals surface area (Å²) in [7, 11) is 6.83. The molecule has 0 unspecified atom stereocenters. The molecule has 9 nitrogen and oxygen atoms in total. The summed E-state index contributed by atoms with van der Waals surface area (Å²) in [5, 5.41) is 26.0. The second-order valence-corrected chi connectivity index (χ2v) is 12.5. The molecule has 5 saturated carbocycles. The van der Waals surface area contributed by atoms with Crippen molar-refractivity contribution in [1.29, 1.82) is 0 Å². The molecular weight excluding hydrogens is 466 g/mol. The van der Waals surface area contributed by atoms with Crippen molar-refractivity contribution in [3.8, 4) is 0 Å². The Balaban J connectivity index is 1.66. The standard InChI is InChI=1S/C27H43NO8/c1-7-28-12-24(13-32-3)9-8-18(34-5)26-16-10-15-17(33-4)11-25(30,19(16)20(15)36-14(2)29)27(31,23(26)28)22(35-6)21(24)26/h15-23,30-31H,7-13H2,1-6H3/t15-,16-,17+,18+,19-,20-,21-,22+,23+,24+,25-,26+,27-/m1/s1. The number of likely N-dealkylation sites (tertiary alicyclic amines) is 1. The van der Waals surface area contributed by atoms with E-state index in [0.29, 0.717) is 6.61 Å². The van der Waals surface area contributed by atoms with Crippen LogP contribution in [0.15, 0.2) is 0 Å². The molecule has 1 spiro atoms. The molecule has 6 aliphatic rings. The first-order chi connectivity index (χ1) is 17.2. The number of rotatable bonds is 7. The first-order valence-corrected chi connectivity index (χ1v) is 13.6. The highest BCUT2D eigenvalue weighted by molar-refractivity contribution is 5.66. The van der Waals surface area contributed by atoms with Gasteiger partial charge in [0.1, 0.15) is 17.3 Å². The number of hydrogen-bond donors (Lipinski definition) is 2. The van der Waals surface area contributed by atoms with E-state index < -0.39 is 34.7 Å². The van der Waals surface area contributed by atoms with E-state index in [9.17, 15) is 15.0 Å². The lowest BCUT2D eigenvalue weighted by Crippen LogP contribution is -2.82. The van der Waals surface area contributed by atoms with Gasteiger partial charge in [-0.3, -0.25) is 9.69 Å². The molecule has 1 heterocycles. The summed E-state index contributed by atoms with van der Waals surface area (Å²) in [5.74, 6) is -0.924. The van der Waals surface area contributed by atoms with Gasteiger partial charge in [0, 0.05) is 76.9 Å². The van der Waals surface area contributed by atoms with Crippen LogP contribution in [0.4, 0.5) is 0 Å². The van der Waals surface area contributed by atoms with Gasteiger partial charge in [-0.15, -0.1) is 0 Å². The van der Waals surface area contributed by atoms with Gasteiger partial charge in [-0.2, -0.15) is 0 Å². The lowest BCUT2D eigenvalue weighted by atomic mass is 9.42. The van der Waals surface area contributed by atoms with E-state index >= 15 is 0 Å². The van der Waals surface area contributed by atoms with Gasteiger partial charge in [-0.1, -0.05) is 6.92 Å². The molecule has 1 aliphatic heterocycles. The Kier molecular flexibility index (Phi) is 5.73. The highest BCUT2D eigenvalue weighted by Gasteiger charge is 2.91. The number of hydrogen-bond acceptors (Lipinski definition) is 9. The number of fused-ring (bicyclic) bond motifs is 2. The Bertz CT molecular complexity index is 918. The zero-order valence-corrected chi connectivity index (χ0v) is 22.4. The van der Waals surface area contributed by atoms with Crippen LogP contribution in [0.1, 0.15) is 39.5 Å². The van der Waals surface area contributed by atoms with Gasteiger partial charge >= 0.3 is 5.97 Å². The van der Waals surface area contributed by atoms with E-state index in [-0.39, 0.29) is 53.8 Å². The molecule has 1 saturated heterocycles. The van der Waals surface area contributed by atoms with Crippen LogP contribution in [-0.2, 0) is 28.5 Å². The fourth-order valence-electron chi connectivity index (χ4n) is 11.3. The van der Waals surface area contributed by atoms with Crippen LogP contribution in [0.3, 0.4) is 0 Å². The molecular formula is C27H43NO8. The summed E-state index contributed by atoms with van der Waals surface area (Å²) in [6, 6.07) is -0.348. The minimum absolute atomic E-state index is 0.0248. The van der Waals surface area contributed by atoms with Gasteiger partial charge in [0.05, 0.1) is 31.0 Å². The third kappa shape index (κ3) is 2.55. The fourth-order valence-corrected chi connectivity index (χ4v) is 11.3. The highest BCUT2D eigenvalue weighted by Crippen LogP contribution is 2.80. The molecule has 204 valence electrons. The number of carbonyl (C=O) groups is 1. The summed E-state index contributed by atoms with van der Waals surface area (Å²) in [6.07, 6.45) is 1.20. The van der Waals surface area contributed by atoms with Gasteiger partial charge < -0.3 is 33.9 Å². The highest BCUT2D eigenvalue weighted by atomic mass is 16.6. The third-order valence-electron chi connectivity index (χ3n) is 11.8. The lowest BCUT2D eigenvalue weighted by molar-refractivity contribution is -0.319. The average molecular weight is 510 g/mol. The minimum atomic E-state index is -1.59. The molecule has 6 fully saturated rings. The van der Waals surface area contributed by atoms with Crippen molar-refractivity contribution in [2.45, 2.75) is 81.2 Å². The first kappa shape index (κ1) is 25.5. The molecule has 2 N–H and O–H groups in total. The largest absolute Gasteiger partial charge is 0.462 e. The first-order valence-electron chi connectivity index (χ1n) is 13.6. The average Bonchev–Trinajstić information content (AvgIpc) is 3.23. The second kappa shape index (κ2) is 8.10. The number of aliphatic hydroxyl groups is 2. The minimum Gasteiger partial charge on any atom is -0.462 e. The van der Waals surface area contributed by atoms with Gasteiger partial charge in [0.15, 0.2) is 0 Å². The van der Waals surface area contributed by atoms with Crippen molar-refractivity contribution in [3.05, 3.63) is 0 Å². The Labute approximate surface area is 213 Å². The molecule has 9 heteroatoms. The Morgan fingerprint density at radius 2 is 1.86 bits per heavy atom. The van der Waals surface area contributed by atoms with E-state index in [1.54, 1.807) is 28.4 Å². The molecule has 13 atom stereocenters. The normalized spacial score (nSPS) is 56.6. The topological polar surface area (TPSA) is 107 Å². The Morgan fingerprint density at radius 1 is 1.11 bits per heavy atom. The maximum absolute atomic E-state index is 13.1. The van der Waals surface area contributed by atoms with E-state index in [1.807, 2.05) is 0 Å². The number of nitrogens with zero attached hydrogens (tertiary/aromatic N) is 1. The van der Waals surface area contributed by atoms with Crippen LogP contribution in [0.25, 0.3) is 0 Å². The quantitative estimate of drug-likeness (QED) is 0.483. The van der Waals surface area contributed by atoms with Crippen LogP contribution in [0.2, 0.25) is 0 Å². The van der Waals surface area contributed by atoms with Crippen molar-refractivity contribution < 1.29 is 38.7 Å². The molecule has 0 radical (unpaired) electrons. The number of likely N-dealkylation sites (N-methyl/N-ethyl adjacent to an activating group) is 1. The predicted octanol–water partition coefficient (Wildman–Crippen LogP) is 0.842. The zero-order valence-electron chi connectivity index (χ0n) is 22.4. The number of methoxy groups -OCH3 is 4. The Hall–Kier alpha value is -0.810. The van der Waals surface area contributed by atoms with Gasteiger partial charge in [-0.05, 0) is 31.7 Å². The third-order valence-corrected chi connectivity index (χ3v) is 11.8. The summed E-state index contributed by atoms with van der Waals surface area (Å²) < 4.78 is 30.5. The Morgan fingerprint density at radius 3 is 2.44 bits per heavy atom. The van der Waals surface area contributed by atoms with Crippen LogP contribution < -0.4 is 0 Å². The van der Waals surface area contributed by atoms with Crippen molar-refractivity contribution >= 4 is 5.97 Å². The molecule has 0 aromatic heterocycles. The maximum Gasteiger partial charge on any atom is 0.302 e. The summed E-state index contributed by atoms with van der Waals surface area (Å²) >= 11 is 0. The SMILES string of the molecule is CCN1C[C@]2(COC)CC[C@H](OC)[C@@]34[C@@H]5C[C@H]6[C@@H](OC(C)=O)[C@@H]5[C@](O)(C[C@@H]6OC)[C@@](O)([C@@H](OC)[C@H]23)[C@@H]14. The molecule has 36 heavy (non-hydrogen) atoms. The van der Waals surface area contributed by atoms with Crippen LogP contribution in [0, 0.1) is 34.5 Å². The molecule has 0 amide bonds. The van der Waals surface area contributed by atoms with Crippen LogP contribution in [0.5, 0.6) is 0 Å². The zero-order chi connectivity index (χ0) is 25.8. The van der Waals surface area contributed by atoms with Gasteiger partial charge in [0.25, 0.3) is 0 Å². The van der Waals surface area contributed by atoms with E-state index in [1.165, 1.54) is 6.92 Å². The van der Waals surface area contributed by atoms with Crippen molar-refractivity contribution in [1.82, 2.24) is 4.90 Å². The summed E-state index contributed by atoms with van der Waals surface area (Å²) in [4.78, 5) is 14.7. The van der Waals surface area contributed by atoms with Crippen molar-refractivity contribution in [3.63, 3.8) is 0 Å². The maximum atomic E-state index is 13.1. The van der Waals surface area contributed by atoms with Crippen molar-refractivity contribution in [2.24, 2.45) is 34.5 Å². The van der Waals surface area contributed by atoms with Gasteiger partial charge in [0.2, 0.25) is 0 Å². The number of carbonyl (C=O) groups excluding carboxylic acids is 1. The molecule has 6 rings (SSSR count). The summed E-state index contributed by atoms with van der Waals surface area (Å²) in [6.45, 7) is 5.62. The van der Waals surface area contributed by atoms with Crippen molar-refractivity contribution in [2.75, 3.05) is 48.1 Å². The smallest absolute Gasteiger partial charge is 0.302 e. The van der Waals surface area contributed by atoms with E-state index in [4.69, 9.17) is 23.7 Å².